The first-order chi connectivity index (χ1) is 15.0. The Morgan fingerprint density at radius 3 is 1.69 bits per heavy atom. The third-order valence-corrected chi connectivity index (χ3v) is 8.49. The van der Waals surface area contributed by atoms with Crippen molar-refractivity contribution in [2.24, 2.45) is 0 Å². The molecule has 32 heavy (non-hydrogen) atoms. The number of anilines is 2. The van der Waals surface area contributed by atoms with Gasteiger partial charge in [-0.25, -0.2) is 16.8 Å². The van der Waals surface area contributed by atoms with Gasteiger partial charge in [-0.15, -0.1) is 0 Å². The molecule has 3 aromatic rings. The molecule has 0 radical (unpaired) electrons. The van der Waals surface area contributed by atoms with Crippen LogP contribution < -0.4 is 9.44 Å². The standard InChI is InChI=1S/C21H17Cl2N3O4S2/c1-13-16(22)5-3-7-20(13)31(27,28)25-18-10-9-15(12-24)11-19(18)26-32(29,30)21-8-4-6-17(23)14(21)2/h3-11,25-26H,1-2H3. The summed E-state index contributed by atoms with van der Waals surface area (Å²) in [6.07, 6.45) is 0. The van der Waals surface area contributed by atoms with E-state index in [2.05, 4.69) is 9.44 Å². The zero-order valence-electron chi connectivity index (χ0n) is 16.8. The summed E-state index contributed by atoms with van der Waals surface area (Å²) in [5.74, 6) is 0. The van der Waals surface area contributed by atoms with Crippen molar-refractivity contribution in [3.63, 3.8) is 0 Å². The molecule has 3 aromatic carbocycles. The number of nitrogens with zero attached hydrogens (tertiary/aromatic N) is 1. The number of hydrogen-bond donors (Lipinski definition) is 2. The fourth-order valence-corrected chi connectivity index (χ4v) is 6.09. The van der Waals surface area contributed by atoms with Crippen molar-refractivity contribution in [2.75, 3.05) is 9.44 Å². The van der Waals surface area contributed by atoms with Gasteiger partial charge in [-0.2, -0.15) is 5.26 Å². The fourth-order valence-electron chi connectivity index (χ4n) is 2.94. The average molecular weight is 510 g/mol. The van der Waals surface area contributed by atoms with E-state index in [1.165, 1.54) is 42.5 Å². The Hall–Kier alpha value is -2.77. The van der Waals surface area contributed by atoms with Crippen LogP contribution in [0.15, 0.2) is 64.4 Å². The number of rotatable bonds is 6. The predicted octanol–water partition coefficient (Wildman–Crippen LogP) is 5.08. The molecule has 0 heterocycles. The summed E-state index contributed by atoms with van der Waals surface area (Å²) in [4.78, 5) is -0.138. The van der Waals surface area contributed by atoms with Crippen molar-refractivity contribution in [1.29, 1.82) is 5.26 Å². The molecule has 0 atom stereocenters. The van der Waals surface area contributed by atoms with Gasteiger partial charge in [-0.3, -0.25) is 9.44 Å². The molecule has 0 aliphatic carbocycles. The normalized spacial score (nSPS) is 11.6. The highest BCUT2D eigenvalue weighted by Crippen LogP contribution is 2.31. The van der Waals surface area contributed by atoms with Crippen molar-refractivity contribution < 1.29 is 16.8 Å². The van der Waals surface area contributed by atoms with E-state index in [4.69, 9.17) is 23.2 Å². The van der Waals surface area contributed by atoms with Crippen molar-refractivity contribution in [2.45, 2.75) is 23.6 Å². The lowest BCUT2D eigenvalue weighted by Gasteiger charge is -2.17. The maximum atomic E-state index is 13.0. The molecule has 0 unspecified atom stereocenters. The molecule has 0 amide bonds. The monoisotopic (exact) mass is 509 g/mol. The van der Waals surface area contributed by atoms with E-state index in [1.54, 1.807) is 26.0 Å². The Morgan fingerprint density at radius 2 is 1.22 bits per heavy atom. The molecule has 0 saturated heterocycles. The number of sulfonamides is 2. The highest BCUT2D eigenvalue weighted by Gasteiger charge is 2.23. The lowest BCUT2D eigenvalue weighted by molar-refractivity contribution is 0.598. The van der Waals surface area contributed by atoms with E-state index in [0.717, 1.165) is 0 Å². The molecule has 11 heteroatoms. The second-order valence-electron chi connectivity index (χ2n) is 6.81. The van der Waals surface area contributed by atoms with Gasteiger partial charge < -0.3 is 0 Å². The van der Waals surface area contributed by atoms with Gasteiger partial charge >= 0.3 is 0 Å². The Labute approximate surface area is 196 Å². The van der Waals surface area contributed by atoms with Gasteiger partial charge in [0, 0.05) is 10.0 Å². The van der Waals surface area contributed by atoms with E-state index in [-0.39, 0.29) is 36.8 Å². The molecule has 7 nitrogen and oxygen atoms in total. The molecule has 0 saturated carbocycles. The molecule has 0 aromatic heterocycles. The van der Waals surface area contributed by atoms with Gasteiger partial charge in [0.15, 0.2) is 0 Å². The van der Waals surface area contributed by atoms with Gasteiger partial charge in [0.1, 0.15) is 0 Å². The van der Waals surface area contributed by atoms with Crippen LogP contribution in [0.25, 0.3) is 0 Å². The molecule has 2 N–H and O–H groups in total. The lowest BCUT2D eigenvalue weighted by Crippen LogP contribution is -2.19. The minimum Gasteiger partial charge on any atom is -0.277 e. The van der Waals surface area contributed by atoms with Crippen molar-refractivity contribution in [3.8, 4) is 6.07 Å². The summed E-state index contributed by atoms with van der Waals surface area (Å²) < 4.78 is 56.7. The van der Waals surface area contributed by atoms with E-state index in [1.807, 2.05) is 6.07 Å². The molecule has 0 fully saturated rings. The Balaban J connectivity index is 2.07. The lowest BCUT2D eigenvalue weighted by atomic mass is 10.2. The molecule has 0 aliphatic rings. The Bertz CT molecular complexity index is 1460. The summed E-state index contributed by atoms with van der Waals surface area (Å²) in [6, 6.07) is 14.7. The minimum atomic E-state index is -4.15. The van der Waals surface area contributed by atoms with Crippen molar-refractivity contribution in [1.82, 2.24) is 0 Å². The summed E-state index contributed by atoms with van der Waals surface area (Å²) in [5, 5.41) is 9.76. The first-order valence-electron chi connectivity index (χ1n) is 9.06. The topological polar surface area (TPSA) is 116 Å². The Kier molecular flexibility index (Phi) is 6.72. The van der Waals surface area contributed by atoms with Crippen LogP contribution in [0.2, 0.25) is 10.0 Å². The molecule has 0 aliphatic heterocycles. The van der Waals surface area contributed by atoms with Gasteiger partial charge in [-0.05, 0) is 67.4 Å². The van der Waals surface area contributed by atoms with Crippen LogP contribution in [0.5, 0.6) is 0 Å². The second-order valence-corrected chi connectivity index (χ2v) is 10.9. The van der Waals surface area contributed by atoms with Crippen LogP contribution in [-0.4, -0.2) is 16.8 Å². The summed E-state index contributed by atoms with van der Waals surface area (Å²) in [5.41, 5.74) is 0.618. The minimum absolute atomic E-state index is 0.0612. The third-order valence-electron chi connectivity index (χ3n) is 4.65. The van der Waals surface area contributed by atoms with Gasteiger partial charge in [0.25, 0.3) is 20.0 Å². The first-order valence-corrected chi connectivity index (χ1v) is 12.8. The third kappa shape index (κ3) is 4.84. The number of benzene rings is 3. The highest BCUT2D eigenvalue weighted by atomic mass is 35.5. The summed E-state index contributed by atoms with van der Waals surface area (Å²) in [6.45, 7) is 3.11. The highest BCUT2D eigenvalue weighted by molar-refractivity contribution is 7.93. The molecule has 0 spiro atoms. The second kappa shape index (κ2) is 9.00. The fraction of sp³-hybridized carbons (Fsp3) is 0.0952. The molecular weight excluding hydrogens is 493 g/mol. The summed E-state index contributed by atoms with van der Waals surface area (Å²) >= 11 is 12.1. The number of nitrogens with one attached hydrogen (secondary N) is 2. The number of hydrogen-bond acceptors (Lipinski definition) is 5. The molecule has 0 bridgehead atoms. The van der Waals surface area contributed by atoms with Crippen LogP contribution in [0.4, 0.5) is 11.4 Å². The average Bonchev–Trinajstić information content (AvgIpc) is 2.72. The Morgan fingerprint density at radius 1 is 0.750 bits per heavy atom. The predicted molar refractivity (Wildman–Crippen MR) is 125 cm³/mol. The molecule has 3 rings (SSSR count). The van der Waals surface area contributed by atoms with Gasteiger partial charge in [0.2, 0.25) is 0 Å². The van der Waals surface area contributed by atoms with E-state index in [9.17, 15) is 22.1 Å². The largest absolute Gasteiger partial charge is 0.277 e. The van der Waals surface area contributed by atoms with E-state index in [0.29, 0.717) is 11.1 Å². The summed E-state index contributed by atoms with van der Waals surface area (Å²) in [7, 11) is -8.27. The molecular formula is C21H17Cl2N3O4S2. The van der Waals surface area contributed by atoms with Crippen LogP contribution >= 0.6 is 23.2 Å². The quantitative estimate of drug-likeness (QED) is 0.480. The van der Waals surface area contributed by atoms with Crippen LogP contribution in [0.3, 0.4) is 0 Å². The SMILES string of the molecule is Cc1c(Cl)cccc1S(=O)(=O)Nc1ccc(C#N)cc1NS(=O)(=O)c1cccc(Cl)c1C. The zero-order valence-corrected chi connectivity index (χ0v) is 20.0. The van der Waals surface area contributed by atoms with Crippen LogP contribution in [0.1, 0.15) is 16.7 Å². The number of nitriles is 1. The maximum Gasteiger partial charge on any atom is 0.262 e. The van der Waals surface area contributed by atoms with Crippen molar-refractivity contribution in [3.05, 3.63) is 81.3 Å². The first kappa shape index (κ1) is 23.9. The van der Waals surface area contributed by atoms with Gasteiger partial charge in [0.05, 0.1) is 32.8 Å². The number of halogens is 2. The van der Waals surface area contributed by atoms with E-state index < -0.39 is 20.0 Å². The van der Waals surface area contributed by atoms with Crippen LogP contribution in [-0.2, 0) is 20.0 Å². The molecule has 166 valence electrons. The van der Waals surface area contributed by atoms with Crippen molar-refractivity contribution >= 4 is 54.6 Å². The van der Waals surface area contributed by atoms with Gasteiger partial charge in [-0.1, -0.05) is 35.3 Å². The zero-order chi connectivity index (χ0) is 23.7. The smallest absolute Gasteiger partial charge is 0.262 e. The maximum absolute atomic E-state index is 13.0. The van der Waals surface area contributed by atoms with Crippen LogP contribution in [0, 0.1) is 25.2 Å². The van der Waals surface area contributed by atoms with E-state index >= 15 is 0 Å².